The number of aliphatic hydroxyl groups is 1. The normalized spacial score (nSPS) is 12.5. The Hall–Kier alpha value is -0.260. The molecule has 0 aliphatic heterocycles. The van der Waals surface area contributed by atoms with Crippen molar-refractivity contribution in [2.24, 2.45) is 0 Å². The minimum atomic E-state index is 0.0383. The minimum Gasteiger partial charge on any atom is -0.396 e. The molecule has 5 heteroatoms. The van der Waals surface area contributed by atoms with E-state index in [4.69, 9.17) is 9.84 Å². The monoisotopic (exact) mass is 235 g/mol. The van der Waals surface area contributed by atoms with Crippen LogP contribution in [0, 0.1) is 0 Å². The van der Waals surface area contributed by atoms with Crippen LogP contribution < -0.4 is 5.32 Å². The van der Waals surface area contributed by atoms with Crippen LogP contribution in [-0.4, -0.2) is 48.9 Å². The Kier molecular flexibility index (Phi) is 10.1. The van der Waals surface area contributed by atoms with Gasteiger partial charge >= 0.3 is 0 Å². The van der Waals surface area contributed by atoms with Crippen molar-refractivity contribution in [2.75, 3.05) is 31.8 Å². The third-order valence-electron chi connectivity index (χ3n) is 2.00. The Morgan fingerprint density at radius 2 is 2.33 bits per heavy atom. The number of carbonyl (C=O) groups is 1. The fraction of sp³-hybridized carbons (Fsp3) is 0.900. The van der Waals surface area contributed by atoms with E-state index in [1.54, 1.807) is 18.9 Å². The van der Waals surface area contributed by atoms with Crippen LogP contribution in [0.15, 0.2) is 0 Å². The maximum absolute atomic E-state index is 11.4. The first-order valence-electron chi connectivity index (χ1n) is 5.21. The fourth-order valence-electron chi connectivity index (χ4n) is 1.11. The van der Waals surface area contributed by atoms with Gasteiger partial charge in [-0.15, -0.1) is 11.8 Å². The quantitative estimate of drug-likeness (QED) is 0.576. The van der Waals surface area contributed by atoms with Crippen molar-refractivity contribution >= 4 is 17.7 Å². The minimum absolute atomic E-state index is 0.0383. The molecule has 4 nitrogen and oxygen atoms in total. The summed E-state index contributed by atoms with van der Waals surface area (Å²) in [6.07, 6.45) is 1.49. The average molecular weight is 235 g/mol. The largest absolute Gasteiger partial charge is 0.396 e. The van der Waals surface area contributed by atoms with Crippen molar-refractivity contribution in [3.05, 3.63) is 0 Å². The second kappa shape index (κ2) is 10.3. The SMILES string of the molecule is CCC(CCO)NC(=O)CSCCOC. The molecule has 0 fully saturated rings. The van der Waals surface area contributed by atoms with Crippen molar-refractivity contribution < 1.29 is 14.6 Å². The molecule has 0 aliphatic rings. The third kappa shape index (κ3) is 8.72. The highest BCUT2D eigenvalue weighted by Gasteiger charge is 2.09. The van der Waals surface area contributed by atoms with Gasteiger partial charge in [0.05, 0.1) is 12.4 Å². The molecule has 1 atom stereocenters. The van der Waals surface area contributed by atoms with Crippen LogP contribution in [0.1, 0.15) is 19.8 Å². The van der Waals surface area contributed by atoms with Crippen LogP contribution in [0.4, 0.5) is 0 Å². The predicted molar refractivity (Wildman–Crippen MR) is 63.1 cm³/mol. The van der Waals surface area contributed by atoms with Gasteiger partial charge in [0.1, 0.15) is 0 Å². The Bertz CT molecular complexity index is 167. The highest BCUT2D eigenvalue weighted by molar-refractivity contribution is 7.99. The lowest BCUT2D eigenvalue weighted by molar-refractivity contribution is -0.119. The molecule has 0 saturated heterocycles. The molecule has 15 heavy (non-hydrogen) atoms. The zero-order valence-corrected chi connectivity index (χ0v) is 10.3. The maximum atomic E-state index is 11.4. The number of rotatable bonds is 9. The van der Waals surface area contributed by atoms with E-state index in [-0.39, 0.29) is 18.6 Å². The van der Waals surface area contributed by atoms with Gasteiger partial charge in [-0.2, -0.15) is 0 Å². The van der Waals surface area contributed by atoms with Crippen LogP contribution in [0.5, 0.6) is 0 Å². The highest BCUT2D eigenvalue weighted by Crippen LogP contribution is 2.01. The van der Waals surface area contributed by atoms with Gasteiger partial charge in [0, 0.05) is 25.5 Å². The lowest BCUT2D eigenvalue weighted by Crippen LogP contribution is -2.36. The van der Waals surface area contributed by atoms with E-state index < -0.39 is 0 Å². The van der Waals surface area contributed by atoms with Crippen molar-refractivity contribution in [2.45, 2.75) is 25.8 Å². The van der Waals surface area contributed by atoms with Crippen LogP contribution >= 0.6 is 11.8 Å². The molecule has 0 saturated carbocycles. The van der Waals surface area contributed by atoms with E-state index in [1.807, 2.05) is 6.92 Å². The van der Waals surface area contributed by atoms with Gasteiger partial charge in [0.15, 0.2) is 0 Å². The van der Waals surface area contributed by atoms with Crippen LogP contribution in [0.25, 0.3) is 0 Å². The van der Waals surface area contributed by atoms with E-state index in [0.29, 0.717) is 18.8 Å². The van der Waals surface area contributed by atoms with Crippen molar-refractivity contribution in [1.29, 1.82) is 0 Å². The van der Waals surface area contributed by atoms with Gasteiger partial charge < -0.3 is 15.2 Å². The summed E-state index contributed by atoms with van der Waals surface area (Å²) >= 11 is 1.56. The summed E-state index contributed by atoms with van der Waals surface area (Å²) in [7, 11) is 1.65. The second-order valence-electron chi connectivity index (χ2n) is 3.23. The summed E-state index contributed by atoms with van der Waals surface area (Å²) < 4.78 is 4.88. The highest BCUT2D eigenvalue weighted by atomic mass is 32.2. The molecule has 0 radical (unpaired) electrons. The molecule has 0 heterocycles. The number of methoxy groups -OCH3 is 1. The van der Waals surface area contributed by atoms with Crippen LogP contribution in [0.2, 0.25) is 0 Å². The second-order valence-corrected chi connectivity index (χ2v) is 4.34. The molecule has 0 aromatic carbocycles. The van der Waals surface area contributed by atoms with E-state index in [9.17, 15) is 4.79 Å². The topological polar surface area (TPSA) is 58.6 Å². The van der Waals surface area contributed by atoms with Crippen LogP contribution in [-0.2, 0) is 9.53 Å². The zero-order valence-electron chi connectivity index (χ0n) is 9.49. The van der Waals surface area contributed by atoms with Gasteiger partial charge in [-0.1, -0.05) is 6.92 Å². The molecule has 1 unspecified atom stereocenters. The molecule has 90 valence electrons. The number of amides is 1. The molecule has 0 spiro atoms. The molecular formula is C10H21NO3S. The number of ether oxygens (including phenoxy) is 1. The van der Waals surface area contributed by atoms with Crippen molar-refractivity contribution in [3.8, 4) is 0 Å². The predicted octanol–water partition coefficient (Wildman–Crippen LogP) is 0.643. The number of aliphatic hydroxyl groups excluding tert-OH is 1. The molecule has 0 rings (SSSR count). The first-order chi connectivity index (χ1) is 7.24. The summed E-state index contributed by atoms with van der Waals surface area (Å²) in [6.45, 7) is 2.79. The summed E-state index contributed by atoms with van der Waals surface area (Å²) in [5.41, 5.74) is 0. The van der Waals surface area contributed by atoms with Gasteiger partial charge in [0.2, 0.25) is 5.91 Å². The first kappa shape index (κ1) is 14.7. The molecular weight excluding hydrogens is 214 g/mol. The van der Waals surface area contributed by atoms with Gasteiger partial charge in [-0.3, -0.25) is 4.79 Å². The summed E-state index contributed by atoms with van der Waals surface area (Å²) in [4.78, 5) is 11.4. The van der Waals surface area contributed by atoms with Gasteiger partial charge in [-0.25, -0.2) is 0 Å². The molecule has 0 aromatic heterocycles. The smallest absolute Gasteiger partial charge is 0.230 e. The van der Waals surface area contributed by atoms with Gasteiger partial charge in [0.25, 0.3) is 0 Å². The number of thioether (sulfide) groups is 1. The summed E-state index contributed by atoms with van der Waals surface area (Å²) in [5.74, 6) is 1.34. The van der Waals surface area contributed by atoms with Crippen molar-refractivity contribution in [1.82, 2.24) is 5.32 Å². The molecule has 0 aromatic rings. The molecule has 2 N–H and O–H groups in total. The lowest BCUT2D eigenvalue weighted by atomic mass is 10.1. The van der Waals surface area contributed by atoms with Crippen LogP contribution in [0.3, 0.4) is 0 Å². The number of nitrogens with one attached hydrogen (secondary N) is 1. The molecule has 1 amide bonds. The van der Waals surface area contributed by atoms with E-state index >= 15 is 0 Å². The number of hydrogen-bond donors (Lipinski definition) is 2. The third-order valence-corrected chi connectivity index (χ3v) is 2.92. The summed E-state index contributed by atoms with van der Waals surface area (Å²) in [5, 5.41) is 11.6. The van der Waals surface area contributed by atoms with Gasteiger partial charge in [-0.05, 0) is 12.8 Å². The lowest BCUT2D eigenvalue weighted by Gasteiger charge is -2.15. The Balaban J connectivity index is 3.52. The van der Waals surface area contributed by atoms with E-state index in [2.05, 4.69) is 5.32 Å². The van der Waals surface area contributed by atoms with Crippen molar-refractivity contribution in [3.63, 3.8) is 0 Å². The Morgan fingerprint density at radius 1 is 1.60 bits per heavy atom. The Labute approximate surface area is 95.8 Å². The Morgan fingerprint density at radius 3 is 2.87 bits per heavy atom. The van der Waals surface area contributed by atoms with E-state index in [0.717, 1.165) is 12.2 Å². The summed E-state index contributed by atoms with van der Waals surface area (Å²) in [6, 6.07) is 0.102. The zero-order chi connectivity index (χ0) is 11.5. The first-order valence-corrected chi connectivity index (χ1v) is 6.37. The maximum Gasteiger partial charge on any atom is 0.230 e. The average Bonchev–Trinajstić information content (AvgIpc) is 2.24. The number of hydrogen-bond acceptors (Lipinski definition) is 4. The number of carbonyl (C=O) groups excluding carboxylic acids is 1. The fourth-order valence-corrected chi connectivity index (χ4v) is 1.81. The molecule has 0 aliphatic carbocycles. The molecule has 0 bridgehead atoms. The standard InChI is InChI=1S/C10H21NO3S/c1-3-9(4-5-12)11-10(13)8-15-7-6-14-2/h9,12H,3-8H2,1-2H3,(H,11,13). The van der Waals surface area contributed by atoms with E-state index in [1.165, 1.54) is 0 Å².